The number of carbonyl (C=O) groups excluding carboxylic acids is 2. The van der Waals surface area contributed by atoms with E-state index < -0.39 is 6.04 Å². The highest BCUT2D eigenvalue weighted by Gasteiger charge is 2.28. The van der Waals surface area contributed by atoms with Crippen molar-refractivity contribution in [3.63, 3.8) is 0 Å². The SMILES string of the molecule is Cc1cc(C(C)NC(=O)C2CCC(=O)N2)c(C)o1. The van der Waals surface area contributed by atoms with Crippen molar-refractivity contribution in [2.45, 2.75) is 45.7 Å². The Kier molecular flexibility index (Phi) is 3.41. The molecule has 5 heteroatoms. The number of aryl methyl sites for hydroxylation is 2. The molecule has 0 radical (unpaired) electrons. The van der Waals surface area contributed by atoms with Gasteiger partial charge in [-0.2, -0.15) is 0 Å². The third kappa shape index (κ3) is 2.55. The van der Waals surface area contributed by atoms with Gasteiger partial charge < -0.3 is 15.1 Å². The first-order valence-corrected chi connectivity index (χ1v) is 6.14. The number of rotatable bonds is 3. The lowest BCUT2D eigenvalue weighted by molar-refractivity contribution is -0.126. The van der Waals surface area contributed by atoms with Crippen LogP contribution in [0.3, 0.4) is 0 Å². The van der Waals surface area contributed by atoms with Crippen LogP contribution in [0.4, 0.5) is 0 Å². The highest BCUT2D eigenvalue weighted by molar-refractivity contribution is 5.90. The Morgan fingerprint density at radius 3 is 2.78 bits per heavy atom. The Balaban J connectivity index is 1.99. The van der Waals surface area contributed by atoms with Crippen LogP contribution in [0.25, 0.3) is 0 Å². The first-order chi connectivity index (χ1) is 8.47. The standard InChI is InChI=1S/C13H18N2O3/c1-7-6-10(9(3)18-7)8(2)14-13(17)11-4-5-12(16)15-11/h6,8,11H,4-5H2,1-3H3,(H,14,17)(H,15,16). The molecule has 0 aliphatic carbocycles. The smallest absolute Gasteiger partial charge is 0.243 e. The highest BCUT2D eigenvalue weighted by atomic mass is 16.3. The molecule has 2 N–H and O–H groups in total. The van der Waals surface area contributed by atoms with Gasteiger partial charge in [-0.05, 0) is 33.3 Å². The number of hydrogen-bond donors (Lipinski definition) is 2. The molecule has 1 fully saturated rings. The molecule has 2 atom stereocenters. The Morgan fingerprint density at radius 1 is 1.56 bits per heavy atom. The minimum atomic E-state index is -0.395. The summed E-state index contributed by atoms with van der Waals surface area (Å²) in [4.78, 5) is 23.0. The predicted molar refractivity (Wildman–Crippen MR) is 65.9 cm³/mol. The Hall–Kier alpha value is -1.78. The van der Waals surface area contributed by atoms with Crippen LogP contribution in [0.2, 0.25) is 0 Å². The molecule has 18 heavy (non-hydrogen) atoms. The molecule has 2 unspecified atom stereocenters. The zero-order valence-corrected chi connectivity index (χ0v) is 10.9. The fraction of sp³-hybridized carbons (Fsp3) is 0.538. The van der Waals surface area contributed by atoms with Crippen LogP contribution in [-0.2, 0) is 9.59 Å². The molecule has 1 aliphatic heterocycles. The molecule has 2 amide bonds. The maximum atomic E-state index is 11.9. The lowest BCUT2D eigenvalue weighted by Gasteiger charge is -2.16. The van der Waals surface area contributed by atoms with E-state index in [1.54, 1.807) is 0 Å². The van der Waals surface area contributed by atoms with E-state index in [-0.39, 0.29) is 17.9 Å². The summed E-state index contributed by atoms with van der Waals surface area (Å²) in [5.74, 6) is 1.46. The number of nitrogens with one attached hydrogen (secondary N) is 2. The van der Waals surface area contributed by atoms with E-state index in [1.807, 2.05) is 26.8 Å². The van der Waals surface area contributed by atoms with Crippen molar-refractivity contribution in [3.05, 3.63) is 23.2 Å². The minimum Gasteiger partial charge on any atom is -0.466 e. The minimum absolute atomic E-state index is 0.0573. The van der Waals surface area contributed by atoms with E-state index in [4.69, 9.17) is 4.42 Å². The van der Waals surface area contributed by atoms with Gasteiger partial charge in [0.15, 0.2) is 0 Å². The lowest BCUT2D eigenvalue weighted by Crippen LogP contribution is -2.42. The summed E-state index contributed by atoms with van der Waals surface area (Å²) in [5.41, 5.74) is 0.977. The summed E-state index contributed by atoms with van der Waals surface area (Å²) in [6, 6.07) is 1.41. The van der Waals surface area contributed by atoms with Gasteiger partial charge in [0.05, 0.1) is 6.04 Å². The van der Waals surface area contributed by atoms with E-state index >= 15 is 0 Å². The first kappa shape index (κ1) is 12.7. The third-order valence-electron chi connectivity index (χ3n) is 3.22. The molecule has 0 bridgehead atoms. The summed E-state index contributed by atoms with van der Waals surface area (Å²) in [7, 11) is 0. The fourth-order valence-electron chi connectivity index (χ4n) is 2.28. The highest BCUT2D eigenvalue weighted by Crippen LogP contribution is 2.21. The van der Waals surface area contributed by atoms with Gasteiger partial charge >= 0.3 is 0 Å². The monoisotopic (exact) mass is 250 g/mol. The van der Waals surface area contributed by atoms with Gasteiger partial charge in [-0.25, -0.2) is 0 Å². The van der Waals surface area contributed by atoms with E-state index in [1.165, 1.54) is 0 Å². The number of carbonyl (C=O) groups is 2. The number of furan rings is 1. The average molecular weight is 250 g/mol. The van der Waals surface area contributed by atoms with Crippen LogP contribution in [-0.4, -0.2) is 17.9 Å². The fourth-order valence-corrected chi connectivity index (χ4v) is 2.28. The van der Waals surface area contributed by atoms with Gasteiger partial charge in [-0.3, -0.25) is 9.59 Å². The summed E-state index contributed by atoms with van der Waals surface area (Å²) in [6.07, 6.45) is 0.997. The van der Waals surface area contributed by atoms with Crippen molar-refractivity contribution in [2.24, 2.45) is 0 Å². The Morgan fingerprint density at radius 2 is 2.28 bits per heavy atom. The molecule has 0 aromatic carbocycles. The molecule has 98 valence electrons. The van der Waals surface area contributed by atoms with Gasteiger partial charge in [-0.15, -0.1) is 0 Å². The summed E-state index contributed by atoms with van der Waals surface area (Å²) in [6.45, 7) is 5.66. The van der Waals surface area contributed by atoms with Crippen molar-refractivity contribution < 1.29 is 14.0 Å². The molecule has 1 saturated heterocycles. The van der Waals surface area contributed by atoms with E-state index in [0.717, 1.165) is 17.1 Å². The van der Waals surface area contributed by atoms with Crippen molar-refractivity contribution in [1.29, 1.82) is 0 Å². The molecular weight excluding hydrogens is 232 g/mol. The molecule has 2 heterocycles. The molecule has 0 spiro atoms. The quantitative estimate of drug-likeness (QED) is 0.850. The molecule has 1 aromatic rings. The van der Waals surface area contributed by atoms with E-state index in [2.05, 4.69) is 10.6 Å². The van der Waals surface area contributed by atoms with Gasteiger partial charge in [0.25, 0.3) is 0 Å². The predicted octanol–water partition coefficient (Wildman–Crippen LogP) is 1.35. The van der Waals surface area contributed by atoms with E-state index in [9.17, 15) is 9.59 Å². The number of amides is 2. The van der Waals surface area contributed by atoms with Crippen LogP contribution < -0.4 is 10.6 Å². The Bertz CT molecular complexity index is 479. The number of hydrogen-bond acceptors (Lipinski definition) is 3. The first-order valence-electron chi connectivity index (χ1n) is 6.14. The normalized spacial score (nSPS) is 20.6. The van der Waals surface area contributed by atoms with E-state index in [0.29, 0.717) is 12.8 Å². The zero-order chi connectivity index (χ0) is 13.3. The van der Waals surface area contributed by atoms with Crippen LogP contribution in [0.15, 0.2) is 10.5 Å². The largest absolute Gasteiger partial charge is 0.466 e. The second-order valence-corrected chi connectivity index (χ2v) is 4.76. The average Bonchev–Trinajstić information content (AvgIpc) is 2.84. The molecule has 0 saturated carbocycles. The van der Waals surface area contributed by atoms with Crippen LogP contribution in [0.5, 0.6) is 0 Å². The third-order valence-corrected chi connectivity index (χ3v) is 3.22. The maximum absolute atomic E-state index is 11.9. The van der Waals surface area contributed by atoms with Crippen molar-refractivity contribution >= 4 is 11.8 Å². The molecule has 1 aliphatic rings. The molecule has 1 aromatic heterocycles. The molecule has 5 nitrogen and oxygen atoms in total. The maximum Gasteiger partial charge on any atom is 0.243 e. The summed E-state index contributed by atoms with van der Waals surface area (Å²) >= 11 is 0. The zero-order valence-electron chi connectivity index (χ0n) is 10.9. The van der Waals surface area contributed by atoms with Crippen LogP contribution >= 0.6 is 0 Å². The topological polar surface area (TPSA) is 71.3 Å². The lowest BCUT2D eigenvalue weighted by atomic mass is 10.1. The van der Waals surface area contributed by atoms with Crippen LogP contribution in [0.1, 0.15) is 42.9 Å². The van der Waals surface area contributed by atoms with Gasteiger partial charge in [-0.1, -0.05) is 0 Å². The molecule has 2 rings (SSSR count). The van der Waals surface area contributed by atoms with Gasteiger partial charge in [0, 0.05) is 12.0 Å². The Labute approximate surface area is 106 Å². The van der Waals surface area contributed by atoms with Gasteiger partial charge in [0.1, 0.15) is 17.6 Å². The second-order valence-electron chi connectivity index (χ2n) is 4.76. The molecular formula is C13H18N2O3. The van der Waals surface area contributed by atoms with Crippen molar-refractivity contribution in [1.82, 2.24) is 10.6 Å². The van der Waals surface area contributed by atoms with Crippen molar-refractivity contribution in [3.8, 4) is 0 Å². The van der Waals surface area contributed by atoms with Gasteiger partial charge in [0.2, 0.25) is 11.8 Å². The second kappa shape index (κ2) is 4.84. The van der Waals surface area contributed by atoms with Crippen LogP contribution in [0, 0.1) is 13.8 Å². The van der Waals surface area contributed by atoms with Crippen molar-refractivity contribution in [2.75, 3.05) is 0 Å². The summed E-state index contributed by atoms with van der Waals surface area (Å²) in [5, 5.41) is 5.56. The summed E-state index contributed by atoms with van der Waals surface area (Å²) < 4.78 is 5.44.